The zero-order chi connectivity index (χ0) is 30.4. The summed E-state index contributed by atoms with van der Waals surface area (Å²) in [7, 11) is 0. The van der Waals surface area contributed by atoms with Crippen LogP contribution in [0.2, 0.25) is 0 Å². The topological polar surface area (TPSA) is 44.9 Å². The molecule has 7 aromatic rings. The van der Waals surface area contributed by atoms with Crippen molar-refractivity contribution in [2.45, 2.75) is 46.5 Å². The summed E-state index contributed by atoms with van der Waals surface area (Å²) >= 11 is 0. The fourth-order valence-corrected chi connectivity index (χ4v) is 6.00. The molecule has 0 radical (unpaired) electrons. The van der Waals surface area contributed by atoms with Gasteiger partial charge in [0, 0.05) is 34.2 Å². The van der Waals surface area contributed by atoms with E-state index in [-0.39, 0.29) is 25.8 Å². The van der Waals surface area contributed by atoms with Gasteiger partial charge in [-0.3, -0.25) is 4.68 Å². The maximum Gasteiger partial charge on any atom is 2.00 e. The second-order valence-corrected chi connectivity index (χ2v) is 12.0. The van der Waals surface area contributed by atoms with E-state index in [1.165, 1.54) is 16.8 Å². The van der Waals surface area contributed by atoms with E-state index in [0.29, 0.717) is 11.5 Å². The third-order valence-electron chi connectivity index (χ3n) is 8.54. The van der Waals surface area contributed by atoms with Gasteiger partial charge < -0.3 is 9.30 Å². The Kier molecular flexibility index (Phi) is 8.22. The molecule has 0 aliphatic rings. The number of aromatic nitrogens is 4. The van der Waals surface area contributed by atoms with Crippen molar-refractivity contribution in [2.24, 2.45) is 0 Å². The summed E-state index contributed by atoms with van der Waals surface area (Å²) in [4.78, 5) is 4.69. The number of aryl methyl sites for hydroxylation is 2. The van der Waals surface area contributed by atoms with Crippen molar-refractivity contribution in [1.82, 2.24) is 19.3 Å². The Bertz CT molecular complexity index is 2140. The van der Waals surface area contributed by atoms with Gasteiger partial charge in [-0.15, -0.1) is 35.7 Å². The summed E-state index contributed by atoms with van der Waals surface area (Å²) in [6.07, 6.45) is 2.81. The van der Waals surface area contributed by atoms with Crippen LogP contribution in [-0.2, 0) is 25.8 Å². The minimum atomic E-state index is -0.118. The molecule has 226 valence electrons. The number of fused-ring (bicyclic) bond motifs is 3. The summed E-state index contributed by atoms with van der Waals surface area (Å²) in [5.74, 6) is 2.06. The molecule has 0 amide bonds. The van der Waals surface area contributed by atoms with E-state index in [4.69, 9.17) is 14.8 Å². The second kappa shape index (κ2) is 12.1. The molecule has 0 unspecified atom stereocenters. The van der Waals surface area contributed by atoms with E-state index in [0.717, 1.165) is 51.0 Å². The Hall–Kier alpha value is -4.50. The van der Waals surface area contributed by atoms with E-state index < -0.39 is 0 Å². The van der Waals surface area contributed by atoms with Crippen LogP contribution in [0, 0.1) is 26.0 Å². The van der Waals surface area contributed by atoms with Gasteiger partial charge in [0.1, 0.15) is 5.82 Å². The second-order valence-electron chi connectivity index (χ2n) is 12.0. The molecule has 6 heteroatoms. The molecule has 0 saturated carbocycles. The van der Waals surface area contributed by atoms with E-state index in [1.54, 1.807) is 0 Å². The van der Waals surface area contributed by atoms with Crippen molar-refractivity contribution in [3.05, 3.63) is 132 Å². The zero-order valence-corrected chi connectivity index (χ0v) is 27.6. The molecule has 0 saturated heterocycles. The van der Waals surface area contributed by atoms with Gasteiger partial charge in [-0.05, 0) is 60.7 Å². The Balaban J connectivity index is 0.00000357. The van der Waals surface area contributed by atoms with Crippen molar-refractivity contribution < 1.29 is 25.2 Å². The predicted octanol–water partition coefficient (Wildman–Crippen LogP) is 9.73. The van der Waals surface area contributed by atoms with Crippen LogP contribution in [0.25, 0.3) is 44.4 Å². The number of hydrogen-bond donors (Lipinski definition) is 0. The van der Waals surface area contributed by atoms with E-state index >= 15 is 0 Å². The molecule has 0 aliphatic heterocycles. The van der Waals surface area contributed by atoms with E-state index in [2.05, 4.69) is 112 Å². The van der Waals surface area contributed by atoms with Crippen molar-refractivity contribution in [1.29, 1.82) is 0 Å². The molecule has 5 nitrogen and oxygen atoms in total. The monoisotopic (exact) mass is 680 g/mol. The first kappa shape index (κ1) is 30.5. The van der Waals surface area contributed by atoms with E-state index in [1.807, 2.05) is 47.3 Å². The van der Waals surface area contributed by atoms with E-state index in [9.17, 15) is 0 Å². The maximum absolute atomic E-state index is 6.45. The fourth-order valence-electron chi connectivity index (χ4n) is 6.00. The van der Waals surface area contributed by atoms with Gasteiger partial charge in [0.25, 0.3) is 0 Å². The summed E-state index contributed by atoms with van der Waals surface area (Å²) in [5.41, 5.74) is 8.36. The SMILES string of the molecule is CCC(C)(C)c1c(-c2ccccc2)c(C)nn1-c1[c-]c(Oc2[c-]c3c(cc2)c2ccccc2n3-c2cc(C)ccn2)ccc1.[Pd+2]. The number of para-hydroxylation sites is 1. The first-order valence-electron chi connectivity index (χ1n) is 15.1. The minimum Gasteiger partial charge on any atom is -0.509 e. The van der Waals surface area contributed by atoms with Crippen LogP contribution in [0.3, 0.4) is 0 Å². The summed E-state index contributed by atoms with van der Waals surface area (Å²) in [5, 5.41) is 7.30. The number of rotatable bonds is 7. The number of ether oxygens (including phenoxy) is 1. The summed E-state index contributed by atoms with van der Waals surface area (Å²) in [6, 6.07) is 40.1. The molecular formula is C39H34N4OPd. The quantitative estimate of drug-likeness (QED) is 0.124. The van der Waals surface area contributed by atoms with Gasteiger partial charge in [0.2, 0.25) is 0 Å². The van der Waals surface area contributed by atoms with Gasteiger partial charge in [-0.2, -0.15) is 17.2 Å². The molecule has 45 heavy (non-hydrogen) atoms. The first-order valence-corrected chi connectivity index (χ1v) is 15.1. The molecule has 0 aliphatic carbocycles. The third-order valence-corrected chi connectivity index (χ3v) is 8.54. The fraction of sp³-hybridized carbons (Fsp3) is 0.179. The van der Waals surface area contributed by atoms with Gasteiger partial charge in [0.15, 0.2) is 0 Å². The molecule has 0 bridgehead atoms. The molecule has 0 N–H and O–H groups in total. The predicted molar refractivity (Wildman–Crippen MR) is 178 cm³/mol. The number of pyridine rings is 1. The van der Waals surface area contributed by atoms with Crippen LogP contribution in [0.15, 0.2) is 103 Å². The molecule has 0 spiro atoms. The molecule has 0 fully saturated rings. The molecule has 4 aromatic carbocycles. The molecule has 7 rings (SSSR count). The average Bonchev–Trinajstić information content (AvgIpc) is 3.57. The minimum absolute atomic E-state index is 0. The van der Waals surface area contributed by atoms with Crippen LogP contribution < -0.4 is 4.74 Å². The molecule has 3 heterocycles. The van der Waals surface area contributed by atoms with Crippen LogP contribution in [-0.4, -0.2) is 19.3 Å². The smallest absolute Gasteiger partial charge is 0.509 e. The number of nitrogens with zero attached hydrogens (tertiary/aromatic N) is 4. The van der Waals surface area contributed by atoms with Crippen molar-refractivity contribution in [3.8, 4) is 34.1 Å². The Morgan fingerprint density at radius 1 is 0.800 bits per heavy atom. The van der Waals surface area contributed by atoms with Crippen molar-refractivity contribution >= 4 is 21.8 Å². The van der Waals surface area contributed by atoms with Crippen molar-refractivity contribution in [3.63, 3.8) is 0 Å². The van der Waals surface area contributed by atoms with Gasteiger partial charge in [-0.25, -0.2) is 4.98 Å². The Labute approximate surface area is 278 Å². The van der Waals surface area contributed by atoms with Crippen LogP contribution in [0.5, 0.6) is 11.5 Å². The third kappa shape index (κ3) is 5.50. The van der Waals surface area contributed by atoms with Gasteiger partial charge in [-0.1, -0.05) is 74.8 Å². The standard InChI is InChI=1S/C39H34N4O.Pd/c1-6-39(4,5)38-37(28-13-8-7-9-14-28)27(3)41-43(38)29-15-12-16-30(24-29)44-31-19-20-33-32-17-10-11-18-34(32)42(35(33)25-31)36-23-26(2)21-22-40-36;/h7-23H,6H2,1-5H3;/q-2;+2. The Morgan fingerprint density at radius 2 is 1.56 bits per heavy atom. The zero-order valence-electron chi connectivity index (χ0n) is 26.0. The molecular weight excluding hydrogens is 647 g/mol. The number of hydrogen-bond acceptors (Lipinski definition) is 3. The molecule has 0 atom stereocenters. The molecule has 3 aromatic heterocycles. The van der Waals surface area contributed by atoms with Crippen LogP contribution in [0.4, 0.5) is 0 Å². The van der Waals surface area contributed by atoms with Crippen LogP contribution in [0.1, 0.15) is 44.1 Å². The summed E-state index contributed by atoms with van der Waals surface area (Å²) in [6.45, 7) is 10.9. The maximum atomic E-state index is 6.45. The van der Waals surface area contributed by atoms with Crippen LogP contribution >= 0.6 is 0 Å². The van der Waals surface area contributed by atoms with Gasteiger partial charge >= 0.3 is 20.4 Å². The van der Waals surface area contributed by atoms with Gasteiger partial charge in [0.05, 0.1) is 11.4 Å². The average molecular weight is 681 g/mol. The largest absolute Gasteiger partial charge is 2.00 e. The first-order chi connectivity index (χ1) is 21.3. The summed E-state index contributed by atoms with van der Waals surface area (Å²) < 4.78 is 10.6. The van der Waals surface area contributed by atoms with Crippen molar-refractivity contribution in [2.75, 3.05) is 0 Å². The number of benzene rings is 4. The normalized spacial score (nSPS) is 11.6. The Morgan fingerprint density at radius 3 is 2.33 bits per heavy atom.